The van der Waals surface area contributed by atoms with E-state index in [0.717, 1.165) is 36.8 Å². The zero-order valence-corrected chi connectivity index (χ0v) is 12.6. The summed E-state index contributed by atoms with van der Waals surface area (Å²) in [6, 6.07) is 6.03. The zero-order chi connectivity index (χ0) is 14.9. The smallest absolute Gasteiger partial charge is 0.161 e. The van der Waals surface area contributed by atoms with Gasteiger partial charge < -0.3 is 14.8 Å². The van der Waals surface area contributed by atoms with E-state index in [-0.39, 0.29) is 0 Å². The molecule has 1 heterocycles. The van der Waals surface area contributed by atoms with Gasteiger partial charge in [0.1, 0.15) is 12.2 Å². The summed E-state index contributed by atoms with van der Waals surface area (Å²) >= 11 is 0. The number of hydrogen-bond acceptors (Lipinski definition) is 5. The van der Waals surface area contributed by atoms with Gasteiger partial charge in [-0.25, -0.2) is 4.98 Å². The second-order valence-electron chi connectivity index (χ2n) is 4.51. The van der Waals surface area contributed by atoms with Gasteiger partial charge in [0.05, 0.1) is 13.2 Å². The van der Waals surface area contributed by atoms with Crippen molar-refractivity contribution < 1.29 is 9.47 Å². The summed E-state index contributed by atoms with van der Waals surface area (Å²) in [6.45, 7) is 6.82. The van der Waals surface area contributed by atoms with Crippen molar-refractivity contribution in [1.82, 2.24) is 20.5 Å². The van der Waals surface area contributed by atoms with E-state index >= 15 is 0 Å². The first-order valence-electron chi connectivity index (χ1n) is 7.27. The molecule has 114 valence electrons. The van der Waals surface area contributed by atoms with Crippen LogP contribution in [-0.4, -0.2) is 34.9 Å². The lowest BCUT2D eigenvalue weighted by Gasteiger charge is -2.12. The highest BCUT2D eigenvalue weighted by molar-refractivity contribution is 5.43. The molecule has 1 aromatic heterocycles. The number of aromatic amines is 1. The van der Waals surface area contributed by atoms with E-state index < -0.39 is 0 Å². The maximum absolute atomic E-state index is 5.62. The number of H-pyrrole nitrogens is 1. The molecule has 0 bridgehead atoms. The van der Waals surface area contributed by atoms with E-state index in [4.69, 9.17) is 9.47 Å². The van der Waals surface area contributed by atoms with Gasteiger partial charge in [-0.3, -0.25) is 5.10 Å². The van der Waals surface area contributed by atoms with Crippen LogP contribution in [0.2, 0.25) is 0 Å². The van der Waals surface area contributed by atoms with Gasteiger partial charge in [-0.05, 0) is 31.5 Å². The summed E-state index contributed by atoms with van der Waals surface area (Å²) in [5.41, 5.74) is 1.17. The lowest BCUT2D eigenvalue weighted by Crippen LogP contribution is -2.17. The van der Waals surface area contributed by atoms with Crippen LogP contribution in [0.5, 0.6) is 11.5 Å². The largest absolute Gasteiger partial charge is 0.490 e. The van der Waals surface area contributed by atoms with Crippen molar-refractivity contribution in [3.05, 3.63) is 35.9 Å². The molecule has 2 N–H and O–H groups in total. The number of benzene rings is 1. The Bertz CT molecular complexity index is 528. The van der Waals surface area contributed by atoms with Crippen LogP contribution in [0.15, 0.2) is 24.5 Å². The van der Waals surface area contributed by atoms with Crippen molar-refractivity contribution in [1.29, 1.82) is 0 Å². The van der Waals surface area contributed by atoms with E-state index in [1.165, 1.54) is 11.9 Å². The van der Waals surface area contributed by atoms with Crippen LogP contribution in [0.1, 0.15) is 25.2 Å². The highest BCUT2D eigenvalue weighted by atomic mass is 16.5. The lowest BCUT2D eigenvalue weighted by atomic mass is 10.2. The van der Waals surface area contributed by atoms with E-state index in [1.54, 1.807) is 0 Å². The molecule has 0 aliphatic carbocycles. The Labute approximate surface area is 124 Å². The van der Waals surface area contributed by atoms with Gasteiger partial charge in [-0.1, -0.05) is 6.07 Å². The highest BCUT2D eigenvalue weighted by Gasteiger charge is 2.06. The molecule has 0 spiro atoms. The van der Waals surface area contributed by atoms with Crippen LogP contribution < -0.4 is 14.8 Å². The molecule has 0 aliphatic rings. The van der Waals surface area contributed by atoms with Crippen LogP contribution in [0.3, 0.4) is 0 Å². The van der Waals surface area contributed by atoms with Gasteiger partial charge in [0.2, 0.25) is 0 Å². The molecular formula is C15H22N4O2. The Kier molecular flexibility index (Phi) is 6.02. The molecular weight excluding hydrogens is 268 g/mol. The first kappa shape index (κ1) is 15.3. The number of nitrogens with zero attached hydrogens (tertiary/aromatic N) is 2. The summed E-state index contributed by atoms with van der Waals surface area (Å²) in [4.78, 5) is 4.09. The van der Waals surface area contributed by atoms with Crippen molar-refractivity contribution in [2.45, 2.75) is 26.8 Å². The maximum Gasteiger partial charge on any atom is 0.161 e. The minimum atomic E-state index is 0.627. The molecule has 0 atom stereocenters. The molecule has 1 aromatic carbocycles. The average Bonchev–Trinajstić information content (AvgIpc) is 3.00. The first-order chi connectivity index (χ1) is 10.3. The SMILES string of the molecule is CCOc1ccc(CNCCc2ncn[nH]2)cc1OCC. The number of nitrogens with one attached hydrogen (secondary N) is 2. The summed E-state index contributed by atoms with van der Waals surface area (Å²) in [5.74, 6) is 2.49. The minimum absolute atomic E-state index is 0.627. The standard InChI is InChI=1S/C15H22N4O2/c1-3-20-13-6-5-12(9-14(13)21-4-2)10-16-8-7-15-17-11-18-19-15/h5-6,9,11,16H,3-4,7-8,10H2,1-2H3,(H,17,18,19). The summed E-state index contributed by atoms with van der Waals surface area (Å²) in [5, 5.41) is 10.0. The Morgan fingerprint density at radius 2 is 1.95 bits per heavy atom. The summed E-state index contributed by atoms with van der Waals surface area (Å²) in [6.07, 6.45) is 2.35. The minimum Gasteiger partial charge on any atom is -0.490 e. The zero-order valence-electron chi connectivity index (χ0n) is 12.6. The van der Waals surface area contributed by atoms with Crippen LogP contribution >= 0.6 is 0 Å². The van der Waals surface area contributed by atoms with Crippen molar-refractivity contribution >= 4 is 0 Å². The van der Waals surface area contributed by atoms with E-state index in [1.807, 2.05) is 26.0 Å². The summed E-state index contributed by atoms with van der Waals surface area (Å²) < 4.78 is 11.2. The fourth-order valence-electron chi connectivity index (χ4n) is 2.00. The number of hydrogen-bond donors (Lipinski definition) is 2. The monoisotopic (exact) mass is 290 g/mol. The van der Waals surface area contributed by atoms with Crippen molar-refractivity contribution in [2.24, 2.45) is 0 Å². The van der Waals surface area contributed by atoms with Gasteiger partial charge in [0, 0.05) is 19.5 Å². The fraction of sp³-hybridized carbons (Fsp3) is 0.467. The van der Waals surface area contributed by atoms with Crippen LogP contribution in [0, 0.1) is 0 Å². The number of ether oxygens (including phenoxy) is 2. The third kappa shape index (κ3) is 4.75. The number of aromatic nitrogens is 3. The molecule has 0 radical (unpaired) electrons. The van der Waals surface area contributed by atoms with Crippen LogP contribution in [-0.2, 0) is 13.0 Å². The van der Waals surface area contributed by atoms with Gasteiger partial charge in [0.15, 0.2) is 11.5 Å². The Morgan fingerprint density at radius 1 is 1.14 bits per heavy atom. The Balaban J connectivity index is 1.86. The van der Waals surface area contributed by atoms with Gasteiger partial charge in [-0.2, -0.15) is 5.10 Å². The quantitative estimate of drug-likeness (QED) is 0.690. The first-order valence-corrected chi connectivity index (χ1v) is 7.27. The molecule has 0 saturated heterocycles. The van der Waals surface area contributed by atoms with Gasteiger partial charge >= 0.3 is 0 Å². The van der Waals surface area contributed by atoms with E-state index in [9.17, 15) is 0 Å². The molecule has 2 rings (SSSR count). The second-order valence-corrected chi connectivity index (χ2v) is 4.51. The number of rotatable bonds is 9. The molecule has 0 saturated carbocycles. The molecule has 2 aromatic rings. The fourth-order valence-corrected chi connectivity index (χ4v) is 2.00. The Morgan fingerprint density at radius 3 is 2.67 bits per heavy atom. The molecule has 0 amide bonds. The van der Waals surface area contributed by atoms with Crippen molar-refractivity contribution in [3.63, 3.8) is 0 Å². The topological polar surface area (TPSA) is 72.1 Å². The molecule has 21 heavy (non-hydrogen) atoms. The van der Waals surface area contributed by atoms with Gasteiger partial charge in [0.25, 0.3) is 0 Å². The highest BCUT2D eigenvalue weighted by Crippen LogP contribution is 2.28. The molecule has 0 aliphatic heterocycles. The molecule has 0 fully saturated rings. The van der Waals surface area contributed by atoms with Crippen molar-refractivity contribution in [2.75, 3.05) is 19.8 Å². The normalized spacial score (nSPS) is 10.6. The third-order valence-electron chi connectivity index (χ3n) is 2.94. The van der Waals surface area contributed by atoms with Crippen LogP contribution in [0.4, 0.5) is 0 Å². The second kappa shape index (κ2) is 8.26. The van der Waals surface area contributed by atoms with E-state index in [2.05, 4.69) is 26.6 Å². The van der Waals surface area contributed by atoms with Crippen LogP contribution in [0.25, 0.3) is 0 Å². The third-order valence-corrected chi connectivity index (χ3v) is 2.94. The lowest BCUT2D eigenvalue weighted by molar-refractivity contribution is 0.287. The summed E-state index contributed by atoms with van der Waals surface area (Å²) in [7, 11) is 0. The van der Waals surface area contributed by atoms with Gasteiger partial charge in [-0.15, -0.1) is 0 Å². The average molecular weight is 290 g/mol. The van der Waals surface area contributed by atoms with Crippen molar-refractivity contribution in [3.8, 4) is 11.5 Å². The predicted octanol–water partition coefficient (Wildman–Crippen LogP) is 1.93. The Hall–Kier alpha value is -2.08. The maximum atomic E-state index is 5.62. The molecule has 6 nitrogen and oxygen atoms in total. The van der Waals surface area contributed by atoms with E-state index in [0.29, 0.717) is 13.2 Å². The molecule has 6 heteroatoms. The predicted molar refractivity (Wildman–Crippen MR) is 80.6 cm³/mol. The molecule has 0 unspecified atom stereocenters.